The van der Waals surface area contributed by atoms with Crippen LogP contribution in [-0.4, -0.2) is 45.4 Å². The fraction of sp³-hybridized carbons (Fsp3) is 0.350. The number of benzene rings is 2. The molecule has 27 heavy (non-hydrogen) atoms. The molecule has 0 radical (unpaired) electrons. The number of carbonyl (C=O) groups excluding carboxylic acids is 1. The lowest BCUT2D eigenvalue weighted by Crippen LogP contribution is -2.41. The van der Waals surface area contributed by atoms with E-state index >= 15 is 0 Å². The van der Waals surface area contributed by atoms with Crippen molar-refractivity contribution in [2.75, 3.05) is 25.5 Å². The summed E-state index contributed by atoms with van der Waals surface area (Å²) >= 11 is 0. The fourth-order valence-corrected chi connectivity index (χ4v) is 4.08. The number of anilines is 1. The molecule has 0 fully saturated rings. The van der Waals surface area contributed by atoms with Gasteiger partial charge in [0.05, 0.1) is 4.90 Å². The van der Waals surface area contributed by atoms with Gasteiger partial charge in [-0.15, -0.1) is 0 Å². The molecule has 0 aromatic heterocycles. The molecule has 144 valence electrons. The van der Waals surface area contributed by atoms with Crippen molar-refractivity contribution >= 4 is 21.6 Å². The van der Waals surface area contributed by atoms with Gasteiger partial charge in [0.25, 0.3) is 5.91 Å². The second kappa shape index (κ2) is 7.70. The minimum absolute atomic E-state index is 0.108. The molecular weight excluding hydrogens is 364 g/mol. The molecule has 0 aliphatic carbocycles. The molecule has 2 aromatic rings. The highest BCUT2D eigenvalue weighted by Crippen LogP contribution is 2.32. The van der Waals surface area contributed by atoms with Gasteiger partial charge in [-0.05, 0) is 48.7 Å². The lowest BCUT2D eigenvalue weighted by atomic mass is 10.1. The van der Waals surface area contributed by atoms with E-state index in [9.17, 15) is 13.2 Å². The van der Waals surface area contributed by atoms with Gasteiger partial charge in [-0.25, -0.2) is 12.7 Å². The molecule has 1 heterocycles. The van der Waals surface area contributed by atoms with Crippen molar-refractivity contribution in [3.63, 3.8) is 0 Å². The van der Waals surface area contributed by atoms with Gasteiger partial charge in [0.15, 0.2) is 6.10 Å². The SMILES string of the molecule is CC[C@H](Oc1ccccc1)C(=O)N1CCc2cc(S(=O)(=O)N(C)C)ccc21. The minimum atomic E-state index is -3.49. The van der Waals surface area contributed by atoms with Crippen molar-refractivity contribution in [3.05, 3.63) is 54.1 Å². The van der Waals surface area contributed by atoms with Gasteiger partial charge >= 0.3 is 0 Å². The average molecular weight is 388 g/mol. The van der Waals surface area contributed by atoms with E-state index in [1.807, 2.05) is 37.3 Å². The minimum Gasteiger partial charge on any atom is -0.481 e. The number of hydrogen-bond donors (Lipinski definition) is 0. The molecule has 1 aliphatic heterocycles. The number of nitrogens with zero attached hydrogens (tertiary/aromatic N) is 2. The molecule has 0 saturated heterocycles. The molecule has 1 amide bonds. The summed E-state index contributed by atoms with van der Waals surface area (Å²) in [6.45, 7) is 2.43. The van der Waals surface area contributed by atoms with E-state index < -0.39 is 16.1 Å². The van der Waals surface area contributed by atoms with Crippen LogP contribution in [0.15, 0.2) is 53.4 Å². The number of sulfonamides is 1. The maximum atomic E-state index is 13.0. The number of fused-ring (bicyclic) bond motifs is 1. The Kier molecular flexibility index (Phi) is 5.53. The molecule has 3 rings (SSSR count). The van der Waals surface area contributed by atoms with Gasteiger partial charge in [-0.3, -0.25) is 4.79 Å². The van der Waals surface area contributed by atoms with E-state index in [1.165, 1.54) is 18.4 Å². The van der Waals surface area contributed by atoms with E-state index in [4.69, 9.17) is 4.74 Å². The summed E-state index contributed by atoms with van der Waals surface area (Å²) in [6.07, 6.45) is 0.593. The molecule has 0 bridgehead atoms. The molecule has 2 aromatic carbocycles. The highest BCUT2D eigenvalue weighted by atomic mass is 32.2. The van der Waals surface area contributed by atoms with Crippen LogP contribution in [0.5, 0.6) is 5.75 Å². The molecule has 1 aliphatic rings. The van der Waals surface area contributed by atoms with Crippen LogP contribution in [0.25, 0.3) is 0 Å². The number of carbonyl (C=O) groups is 1. The first-order valence-corrected chi connectivity index (χ1v) is 10.4. The van der Waals surface area contributed by atoms with Crippen LogP contribution in [0.3, 0.4) is 0 Å². The van der Waals surface area contributed by atoms with Crippen molar-refractivity contribution in [2.45, 2.75) is 30.8 Å². The second-order valence-corrected chi connectivity index (χ2v) is 8.80. The highest BCUT2D eigenvalue weighted by molar-refractivity contribution is 7.89. The Morgan fingerprint density at radius 2 is 1.89 bits per heavy atom. The quantitative estimate of drug-likeness (QED) is 0.763. The van der Waals surface area contributed by atoms with E-state index in [2.05, 4.69) is 0 Å². The molecule has 0 spiro atoms. The summed E-state index contributed by atoms with van der Waals surface area (Å²) in [5.41, 5.74) is 1.62. The van der Waals surface area contributed by atoms with Gasteiger partial charge in [0, 0.05) is 26.3 Å². The van der Waals surface area contributed by atoms with E-state index in [0.29, 0.717) is 25.1 Å². The molecule has 0 unspecified atom stereocenters. The van der Waals surface area contributed by atoms with Crippen molar-refractivity contribution in [2.24, 2.45) is 0 Å². The summed E-state index contributed by atoms with van der Waals surface area (Å²) in [5.74, 6) is 0.549. The molecule has 6 nitrogen and oxygen atoms in total. The van der Waals surface area contributed by atoms with Gasteiger partial charge in [0.1, 0.15) is 5.75 Å². The Labute approximate surface area is 160 Å². The summed E-state index contributed by atoms with van der Waals surface area (Å²) in [5, 5.41) is 0. The summed E-state index contributed by atoms with van der Waals surface area (Å²) in [6, 6.07) is 14.2. The largest absolute Gasteiger partial charge is 0.481 e. The zero-order chi connectivity index (χ0) is 19.6. The predicted molar refractivity (Wildman–Crippen MR) is 105 cm³/mol. The zero-order valence-electron chi connectivity index (χ0n) is 15.8. The third-order valence-corrected chi connectivity index (χ3v) is 6.47. The van der Waals surface area contributed by atoms with Crippen LogP contribution < -0.4 is 9.64 Å². The van der Waals surface area contributed by atoms with Crippen LogP contribution in [0, 0.1) is 0 Å². The Bertz CT molecular complexity index is 926. The zero-order valence-corrected chi connectivity index (χ0v) is 16.6. The Hall–Kier alpha value is -2.38. The third-order valence-electron chi connectivity index (χ3n) is 4.66. The number of para-hydroxylation sites is 1. The average Bonchev–Trinajstić information content (AvgIpc) is 3.09. The predicted octanol–water partition coefficient (Wildman–Crippen LogP) is 2.68. The van der Waals surface area contributed by atoms with Gasteiger partial charge in [0.2, 0.25) is 10.0 Å². The number of hydrogen-bond acceptors (Lipinski definition) is 4. The van der Waals surface area contributed by atoms with E-state index in [0.717, 1.165) is 11.3 Å². The Morgan fingerprint density at radius 3 is 2.52 bits per heavy atom. The molecule has 0 N–H and O–H groups in total. The first kappa shape index (κ1) is 19.4. The van der Waals surface area contributed by atoms with Crippen LogP contribution in [0.4, 0.5) is 5.69 Å². The maximum Gasteiger partial charge on any atom is 0.268 e. The number of ether oxygens (including phenoxy) is 1. The maximum absolute atomic E-state index is 13.0. The normalized spacial score (nSPS) is 14.9. The Balaban J connectivity index is 1.83. The number of rotatable bonds is 6. The lowest BCUT2D eigenvalue weighted by molar-refractivity contribution is -0.125. The van der Waals surface area contributed by atoms with Crippen LogP contribution in [0.1, 0.15) is 18.9 Å². The fourth-order valence-electron chi connectivity index (χ4n) is 3.12. The summed E-state index contributed by atoms with van der Waals surface area (Å²) < 4.78 is 31.7. The monoisotopic (exact) mass is 388 g/mol. The van der Waals surface area contributed by atoms with E-state index in [1.54, 1.807) is 23.1 Å². The summed E-state index contributed by atoms with van der Waals surface area (Å²) in [7, 11) is -0.482. The lowest BCUT2D eigenvalue weighted by Gasteiger charge is -2.24. The standard InChI is InChI=1S/C20H24N2O4S/c1-4-19(26-16-8-6-5-7-9-16)20(23)22-13-12-15-14-17(10-11-18(15)22)27(24,25)21(2)3/h5-11,14,19H,4,12-13H2,1-3H3/t19-/m0/s1. The molecule has 0 saturated carbocycles. The molecule has 1 atom stereocenters. The topological polar surface area (TPSA) is 66.9 Å². The smallest absolute Gasteiger partial charge is 0.268 e. The second-order valence-electron chi connectivity index (χ2n) is 6.65. The van der Waals surface area contributed by atoms with Crippen molar-refractivity contribution in [3.8, 4) is 5.75 Å². The highest BCUT2D eigenvalue weighted by Gasteiger charge is 2.31. The van der Waals surface area contributed by atoms with Crippen molar-refractivity contribution in [1.29, 1.82) is 0 Å². The summed E-state index contributed by atoms with van der Waals surface area (Å²) in [4.78, 5) is 14.9. The van der Waals surface area contributed by atoms with Gasteiger partial charge in [-0.1, -0.05) is 25.1 Å². The van der Waals surface area contributed by atoms with Gasteiger partial charge in [-0.2, -0.15) is 0 Å². The van der Waals surface area contributed by atoms with Crippen molar-refractivity contribution in [1.82, 2.24) is 4.31 Å². The van der Waals surface area contributed by atoms with Crippen LogP contribution in [0.2, 0.25) is 0 Å². The van der Waals surface area contributed by atoms with Crippen molar-refractivity contribution < 1.29 is 17.9 Å². The number of amides is 1. The third kappa shape index (κ3) is 3.84. The molecule has 7 heteroatoms. The first-order valence-electron chi connectivity index (χ1n) is 8.93. The van der Waals surface area contributed by atoms with Crippen LogP contribution >= 0.6 is 0 Å². The van der Waals surface area contributed by atoms with Gasteiger partial charge < -0.3 is 9.64 Å². The van der Waals surface area contributed by atoms with Crippen LogP contribution in [-0.2, 0) is 21.2 Å². The Morgan fingerprint density at radius 1 is 1.19 bits per heavy atom. The molecular formula is C20H24N2O4S. The first-order chi connectivity index (χ1) is 12.8. The van der Waals surface area contributed by atoms with E-state index in [-0.39, 0.29) is 10.8 Å².